The van der Waals surface area contributed by atoms with Gasteiger partial charge in [-0.3, -0.25) is 19.7 Å². The number of thioether (sulfide) groups is 1. The van der Waals surface area contributed by atoms with Crippen molar-refractivity contribution >= 4 is 34.8 Å². The maximum atomic E-state index is 13.0. The van der Waals surface area contributed by atoms with Crippen molar-refractivity contribution < 1.29 is 24.3 Å². The highest BCUT2D eigenvalue weighted by molar-refractivity contribution is 8.15. The normalized spacial score (nSPS) is 15.1. The average molecular weight is 489 g/mol. The van der Waals surface area contributed by atoms with E-state index in [1.807, 2.05) is 48.5 Å². The van der Waals surface area contributed by atoms with E-state index in [1.54, 1.807) is 24.9 Å². The van der Waals surface area contributed by atoms with Gasteiger partial charge in [0.25, 0.3) is 11.1 Å². The molecule has 4 rings (SSSR count). The number of carboxylic acid groups (broad SMARTS) is 1. The maximum Gasteiger partial charge on any atom is 0.335 e. The van der Waals surface area contributed by atoms with Crippen LogP contribution in [0.3, 0.4) is 0 Å². The molecule has 0 saturated carbocycles. The minimum atomic E-state index is -1.02. The van der Waals surface area contributed by atoms with Crippen LogP contribution in [0.15, 0.2) is 66.7 Å². The van der Waals surface area contributed by atoms with E-state index in [1.165, 1.54) is 12.1 Å². The standard InChI is InChI=1S/C27H24N2O5S/c1-16-12-21(26(32)33)10-11-22(16)25(31)29(2)15-18-4-3-5-20(13-18)19-8-6-17(7-9-19)14-23-24(30)28-27(34)35-23/h3-13,23H,14-15H2,1-2H3,(H,32,33)(H,28,30,34). The topological polar surface area (TPSA) is 104 Å². The van der Waals surface area contributed by atoms with Gasteiger partial charge in [0.1, 0.15) is 0 Å². The van der Waals surface area contributed by atoms with Crippen LogP contribution < -0.4 is 5.32 Å². The monoisotopic (exact) mass is 488 g/mol. The van der Waals surface area contributed by atoms with Crippen LogP contribution in [0.4, 0.5) is 4.79 Å². The minimum absolute atomic E-state index is 0.152. The molecule has 3 aromatic carbocycles. The van der Waals surface area contributed by atoms with Crippen molar-refractivity contribution in [2.45, 2.75) is 25.1 Å². The highest BCUT2D eigenvalue weighted by Crippen LogP contribution is 2.26. The first-order valence-corrected chi connectivity index (χ1v) is 11.9. The molecule has 1 fully saturated rings. The fourth-order valence-electron chi connectivity index (χ4n) is 4.01. The zero-order valence-corrected chi connectivity index (χ0v) is 20.1. The van der Waals surface area contributed by atoms with E-state index in [-0.39, 0.29) is 22.6 Å². The first-order valence-electron chi connectivity index (χ1n) is 11.0. The fraction of sp³-hybridized carbons (Fsp3) is 0.185. The predicted molar refractivity (Wildman–Crippen MR) is 134 cm³/mol. The largest absolute Gasteiger partial charge is 0.478 e. The Kier molecular flexibility index (Phi) is 7.02. The molecule has 3 amide bonds. The molecule has 7 nitrogen and oxygen atoms in total. The lowest BCUT2D eigenvalue weighted by atomic mass is 10.00. The van der Waals surface area contributed by atoms with Gasteiger partial charge in [0.05, 0.1) is 10.8 Å². The van der Waals surface area contributed by atoms with E-state index in [9.17, 15) is 19.2 Å². The number of imide groups is 1. The summed E-state index contributed by atoms with van der Waals surface area (Å²) in [7, 11) is 1.72. The summed E-state index contributed by atoms with van der Waals surface area (Å²) in [4.78, 5) is 48.9. The van der Waals surface area contributed by atoms with Crippen molar-refractivity contribution in [3.05, 3.63) is 94.5 Å². The van der Waals surface area contributed by atoms with Gasteiger partial charge >= 0.3 is 5.97 Å². The summed E-state index contributed by atoms with van der Waals surface area (Å²) < 4.78 is 0. The van der Waals surface area contributed by atoms with Gasteiger partial charge in [0.15, 0.2) is 0 Å². The maximum absolute atomic E-state index is 13.0. The lowest BCUT2D eigenvalue weighted by molar-refractivity contribution is -0.118. The van der Waals surface area contributed by atoms with Gasteiger partial charge in [-0.25, -0.2) is 4.79 Å². The number of carbonyl (C=O) groups is 4. The van der Waals surface area contributed by atoms with Crippen molar-refractivity contribution in [1.82, 2.24) is 10.2 Å². The highest BCUT2D eigenvalue weighted by atomic mass is 32.2. The van der Waals surface area contributed by atoms with Crippen LogP contribution >= 0.6 is 11.8 Å². The number of aromatic carboxylic acids is 1. The second kappa shape index (κ2) is 10.1. The molecule has 0 aliphatic carbocycles. The van der Waals surface area contributed by atoms with Gasteiger partial charge in [-0.15, -0.1) is 0 Å². The van der Waals surface area contributed by atoms with Gasteiger partial charge in [0, 0.05) is 19.2 Å². The Morgan fingerprint density at radius 2 is 1.71 bits per heavy atom. The third-order valence-electron chi connectivity index (χ3n) is 5.87. The number of rotatable bonds is 7. The molecule has 0 aromatic heterocycles. The summed E-state index contributed by atoms with van der Waals surface area (Å²) in [5.74, 6) is -1.45. The van der Waals surface area contributed by atoms with Crippen molar-refractivity contribution in [2.24, 2.45) is 0 Å². The van der Waals surface area contributed by atoms with Crippen LogP contribution in [0.25, 0.3) is 11.1 Å². The molecule has 178 valence electrons. The Morgan fingerprint density at radius 1 is 0.971 bits per heavy atom. The summed E-state index contributed by atoms with van der Waals surface area (Å²) in [5, 5.41) is 10.7. The summed E-state index contributed by atoms with van der Waals surface area (Å²) in [6.07, 6.45) is 0.488. The van der Waals surface area contributed by atoms with Crippen LogP contribution in [0, 0.1) is 6.92 Å². The minimum Gasteiger partial charge on any atom is -0.478 e. The lowest BCUT2D eigenvalue weighted by Crippen LogP contribution is -2.27. The van der Waals surface area contributed by atoms with E-state index in [0.717, 1.165) is 34.0 Å². The molecule has 1 unspecified atom stereocenters. The quantitative estimate of drug-likeness (QED) is 0.507. The molecule has 35 heavy (non-hydrogen) atoms. The number of hydrogen-bond acceptors (Lipinski definition) is 5. The summed E-state index contributed by atoms with van der Waals surface area (Å²) in [6.45, 7) is 2.13. The van der Waals surface area contributed by atoms with Crippen molar-refractivity contribution in [2.75, 3.05) is 7.05 Å². The number of amides is 3. The molecule has 1 atom stereocenters. The SMILES string of the molecule is Cc1cc(C(=O)O)ccc1C(=O)N(C)Cc1cccc(-c2ccc(CC3SC(=O)NC3=O)cc2)c1. The molecule has 1 aliphatic rings. The smallest absolute Gasteiger partial charge is 0.335 e. The predicted octanol–water partition coefficient (Wildman–Crippen LogP) is 4.53. The van der Waals surface area contributed by atoms with E-state index < -0.39 is 11.2 Å². The zero-order chi connectivity index (χ0) is 25.1. The van der Waals surface area contributed by atoms with Crippen molar-refractivity contribution in [3.63, 3.8) is 0 Å². The van der Waals surface area contributed by atoms with Gasteiger partial charge < -0.3 is 10.0 Å². The van der Waals surface area contributed by atoms with Crippen LogP contribution in [0.2, 0.25) is 0 Å². The van der Waals surface area contributed by atoms with Crippen LogP contribution in [0.5, 0.6) is 0 Å². The third kappa shape index (κ3) is 5.60. The van der Waals surface area contributed by atoms with E-state index in [2.05, 4.69) is 5.32 Å². The Balaban J connectivity index is 1.44. The first kappa shape index (κ1) is 24.2. The third-order valence-corrected chi connectivity index (χ3v) is 6.85. The van der Waals surface area contributed by atoms with Crippen molar-refractivity contribution in [1.29, 1.82) is 0 Å². The molecule has 0 radical (unpaired) electrons. The molecule has 1 heterocycles. The second-order valence-electron chi connectivity index (χ2n) is 8.48. The molecule has 0 bridgehead atoms. The van der Waals surface area contributed by atoms with E-state index in [4.69, 9.17) is 5.11 Å². The molecular formula is C27H24N2O5S. The Bertz CT molecular complexity index is 1320. The van der Waals surface area contributed by atoms with Crippen LogP contribution in [-0.2, 0) is 17.8 Å². The average Bonchev–Trinajstić information content (AvgIpc) is 3.15. The van der Waals surface area contributed by atoms with Crippen LogP contribution in [0.1, 0.15) is 37.4 Å². The summed E-state index contributed by atoms with van der Waals surface area (Å²) in [5.41, 5.74) is 5.18. The zero-order valence-electron chi connectivity index (χ0n) is 19.3. The van der Waals surface area contributed by atoms with Crippen LogP contribution in [-0.4, -0.2) is 45.3 Å². The van der Waals surface area contributed by atoms with E-state index in [0.29, 0.717) is 24.1 Å². The fourth-order valence-corrected chi connectivity index (χ4v) is 4.87. The Morgan fingerprint density at radius 3 is 2.34 bits per heavy atom. The number of nitrogens with zero attached hydrogens (tertiary/aromatic N) is 1. The second-order valence-corrected chi connectivity index (χ2v) is 9.66. The molecule has 1 aliphatic heterocycles. The van der Waals surface area contributed by atoms with Gasteiger partial charge in [0.2, 0.25) is 5.91 Å². The molecule has 8 heteroatoms. The lowest BCUT2D eigenvalue weighted by Gasteiger charge is -2.19. The number of hydrogen-bond donors (Lipinski definition) is 2. The molecule has 1 saturated heterocycles. The number of carbonyl (C=O) groups excluding carboxylic acids is 3. The molecular weight excluding hydrogens is 464 g/mol. The molecule has 3 aromatic rings. The summed E-state index contributed by atoms with van der Waals surface area (Å²) in [6, 6.07) is 20.3. The number of carboxylic acids is 1. The van der Waals surface area contributed by atoms with Crippen molar-refractivity contribution in [3.8, 4) is 11.1 Å². The Labute approximate surface area is 207 Å². The molecule has 0 spiro atoms. The Hall–Kier alpha value is -3.91. The number of benzene rings is 3. The van der Waals surface area contributed by atoms with Gasteiger partial charge in [-0.05, 0) is 65.4 Å². The van der Waals surface area contributed by atoms with Gasteiger partial charge in [-0.1, -0.05) is 54.2 Å². The van der Waals surface area contributed by atoms with Gasteiger partial charge in [-0.2, -0.15) is 0 Å². The highest BCUT2D eigenvalue weighted by Gasteiger charge is 2.31. The van der Waals surface area contributed by atoms with E-state index >= 15 is 0 Å². The summed E-state index contributed by atoms with van der Waals surface area (Å²) >= 11 is 1.02. The number of nitrogens with one attached hydrogen (secondary N) is 1. The number of aryl methyl sites for hydroxylation is 1. The molecule has 2 N–H and O–H groups in total. The first-order chi connectivity index (χ1) is 16.7.